The fraction of sp³-hybridized carbons (Fsp3) is 0.105. The molecule has 0 saturated heterocycles. The van der Waals surface area contributed by atoms with Gasteiger partial charge in [0.25, 0.3) is 0 Å². The van der Waals surface area contributed by atoms with Gasteiger partial charge in [-0.15, -0.1) is 0 Å². The third kappa shape index (κ3) is 7.54. The van der Waals surface area contributed by atoms with Crippen LogP contribution in [-0.4, -0.2) is 12.3 Å². The van der Waals surface area contributed by atoms with Crippen molar-refractivity contribution in [3.8, 4) is 28.0 Å². The van der Waals surface area contributed by atoms with Gasteiger partial charge < -0.3 is 15.0 Å². The first-order chi connectivity index (χ1) is 30.1. The highest BCUT2D eigenvalue weighted by atomic mass is 16.5. The molecule has 1 N–H and O–H groups in total. The summed E-state index contributed by atoms with van der Waals surface area (Å²) in [5.74, 6) is 1.47. The minimum Gasteiger partial charge on any atom is -0.456 e. The van der Waals surface area contributed by atoms with Crippen molar-refractivity contribution in [1.82, 2.24) is 5.32 Å². The van der Waals surface area contributed by atoms with Crippen molar-refractivity contribution in [2.45, 2.75) is 38.1 Å². The topological polar surface area (TPSA) is 36.9 Å². The molecule has 6 aromatic rings. The maximum Gasteiger partial charge on any atom is 0.136 e. The van der Waals surface area contributed by atoms with Gasteiger partial charge in [0.1, 0.15) is 11.5 Å². The second-order valence-electron chi connectivity index (χ2n) is 15.9. The van der Waals surface area contributed by atoms with Crippen molar-refractivity contribution >= 4 is 39.8 Å². The standard InChI is InChI=1S/C57H47N3O/c1-39-13-5-3-8-19-54-48(39)35-37-59-57(54)44-25-31-47(32-26-44)60(46-29-23-43(24-30-46)55-36-38-58-40(2)49-16-11-12-20-56(49)61-55)45-27-21-42(22-28-45)51-34-33-50(41-14-6-4-7-15-41)52-17-9-10-18-53(51)52/h3-4,6-12,14-18,20-25,27-31,33-38,57,59H,1-2,5,13,19,26,32H2/b8-3-,55-36-,58-38-. The predicted octanol–water partition coefficient (Wildman–Crippen LogP) is 14.5. The lowest BCUT2D eigenvalue weighted by Gasteiger charge is -2.34. The third-order valence-electron chi connectivity index (χ3n) is 12.3. The molecular weight excluding hydrogens is 743 g/mol. The SMILES string of the molecule is C=C1CC/C=C\CC2=C1C=CNC2C1=CC=C(N(c2ccc(/C3=C/C=N\C(=C)c4ccccc4O3)cc2)c2ccc(-c3ccc(-c4ccccc4)c4ccccc34)cc2)CC1. The fourth-order valence-corrected chi connectivity index (χ4v) is 9.12. The quantitative estimate of drug-likeness (QED) is 0.164. The zero-order valence-electron chi connectivity index (χ0n) is 34.2. The molecule has 1 atom stereocenters. The summed E-state index contributed by atoms with van der Waals surface area (Å²) in [5.41, 5.74) is 16.2. The van der Waals surface area contributed by atoms with E-state index in [2.05, 4.69) is 180 Å². The molecule has 6 aromatic carbocycles. The Labute approximate surface area is 359 Å². The summed E-state index contributed by atoms with van der Waals surface area (Å²) < 4.78 is 6.49. The van der Waals surface area contributed by atoms with Crippen LogP contribution >= 0.6 is 0 Å². The number of nitrogens with zero attached hydrogens (tertiary/aromatic N) is 2. The number of benzene rings is 6. The van der Waals surface area contributed by atoms with E-state index in [0.29, 0.717) is 5.70 Å². The number of para-hydroxylation sites is 1. The fourth-order valence-electron chi connectivity index (χ4n) is 9.12. The number of allylic oxidation sites excluding steroid dienone is 9. The van der Waals surface area contributed by atoms with Crippen LogP contribution in [0.3, 0.4) is 0 Å². The predicted molar refractivity (Wildman–Crippen MR) is 257 cm³/mol. The van der Waals surface area contributed by atoms with Crippen LogP contribution in [-0.2, 0) is 0 Å². The smallest absolute Gasteiger partial charge is 0.136 e. The summed E-state index contributed by atoms with van der Waals surface area (Å²) in [6.45, 7) is 8.60. The van der Waals surface area contributed by atoms with Gasteiger partial charge in [-0.2, -0.15) is 0 Å². The molecule has 0 saturated carbocycles. The van der Waals surface area contributed by atoms with Crippen LogP contribution in [0, 0.1) is 0 Å². The van der Waals surface area contributed by atoms with Crippen molar-refractivity contribution in [2.24, 2.45) is 4.99 Å². The van der Waals surface area contributed by atoms with E-state index in [1.165, 1.54) is 61.0 Å². The Kier molecular flexibility index (Phi) is 10.3. The Morgan fingerprint density at radius 2 is 1.28 bits per heavy atom. The molecule has 0 aromatic heterocycles. The molecule has 2 aliphatic heterocycles. The molecule has 4 aliphatic rings. The molecule has 1 unspecified atom stereocenters. The van der Waals surface area contributed by atoms with Crippen LogP contribution < -0.4 is 15.0 Å². The Hall–Kier alpha value is -7.43. The van der Waals surface area contributed by atoms with E-state index in [4.69, 9.17) is 4.74 Å². The first kappa shape index (κ1) is 37.8. The van der Waals surface area contributed by atoms with Crippen LogP contribution in [0.1, 0.15) is 43.2 Å². The summed E-state index contributed by atoms with van der Waals surface area (Å²) in [6, 6.07) is 49.8. The molecule has 4 heteroatoms. The van der Waals surface area contributed by atoms with E-state index < -0.39 is 0 Å². The lowest BCUT2D eigenvalue weighted by molar-refractivity contribution is 0.513. The molecular formula is C57H47N3O. The molecule has 2 aliphatic carbocycles. The number of hydrogen-bond acceptors (Lipinski definition) is 4. The van der Waals surface area contributed by atoms with Gasteiger partial charge in [0, 0.05) is 34.4 Å². The minimum atomic E-state index is 0.162. The molecule has 0 bridgehead atoms. The minimum absolute atomic E-state index is 0.162. The number of aliphatic imine (C=N–C) groups is 1. The Balaban J connectivity index is 1.01. The van der Waals surface area contributed by atoms with Gasteiger partial charge >= 0.3 is 0 Å². The van der Waals surface area contributed by atoms with Gasteiger partial charge in [0.05, 0.1) is 11.7 Å². The van der Waals surface area contributed by atoms with Crippen LogP contribution in [0.4, 0.5) is 11.4 Å². The van der Waals surface area contributed by atoms with E-state index in [1.807, 2.05) is 30.3 Å². The van der Waals surface area contributed by atoms with Gasteiger partial charge in [-0.05, 0) is 160 Å². The van der Waals surface area contributed by atoms with Crippen molar-refractivity contribution in [3.05, 3.63) is 234 Å². The summed E-state index contributed by atoms with van der Waals surface area (Å²) in [5, 5.41) is 6.20. The number of rotatable bonds is 7. The lowest BCUT2D eigenvalue weighted by atomic mass is 9.82. The molecule has 4 nitrogen and oxygen atoms in total. The zero-order chi connectivity index (χ0) is 41.1. The molecule has 296 valence electrons. The molecule has 0 spiro atoms. The first-order valence-corrected chi connectivity index (χ1v) is 21.3. The van der Waals surface area contributed by atoms with E-state index in [-0.39, 0.29) is 6.04 Å². The average Bonchev–Trinajstić information content (AvgIpc) is 3.30. The van der Waals surface area contributed by atoms with Gasteiger partial charge in [-0.3, -0.25) is 4.99 Å². The second-order valence-corrected chi connectivity index (χ2v) is 15.9. The molecule has 0 radical (unpaired) electrons. The Morgan fingerprint density at radius 3 is 2.00 bits per heavy atom. The van der Waals surface area contributed by atoms with E-state index >= 15 is 0 Å². The third-order valence-corrected chi connectivity index (χ3v) is 12.3. The average molecular weight is 790 g/mol. The largest absolute Gasteiger partial charge is 0.456 e. The number of nitrogens with one attached hydrogen (secondary N) is 1. The number of ether oxygens (including phenoxy) is 1. The van der Waals surface area contributed by atoms with Gasteiger partial charge in [-0.25, -0.2) is 0 Å². The highest BCUT2D eigenvalue weighted by molar-refractivity contribution is 6.05. The molecule has 0 fully saturated rings. The molecule has 0 amide bonds. The van der Waals surface area contributed by atoms with Crippen LogP contribution in [0.25, 0.3) is 44.5 Å². The summed E-state index contributed by atoms with van der Waals surface area (Å²) in [4.78, 5) is 6.98. The first-order valence-electron chi connectivity index (χ1n) is 21.3. The number of hydrogen-bond donors (Lipinski definition) is 1. The van der Waals surface area contributed by atoms with Crippen LogP contribution in [0.2, 0.25) is 0 Å². The van der Waals surface area contributed by atoms with Crippen molar-refractivity contribution in [1.29, 1.82) is 0 Å². The maximum atomic E-state index is 6.49. The van der Waals surface area contributed by atoms with Crippen LogP contribution in [0.15, 0.2) is 228 Å². The molecule has 2 heterocycles. The monoisotopic (exact) mass is 789 g/mol. The highest BCUT2D eigenvalue weighted by Gasteiger charge is 2.27. The van der Waals surface area contributed by atoms with Gasteiger partial charge in [0.2, 0.25) is 0 Å². The Bertz CT molecular complexity index is 2900. The number of anilines is 2. The van der Waals surface area contributed by atoms with Crippen LogP contribution in [0.5, 0.6) is 5.75 Å². The zero-order valence-corrected chi connectivity index (χ0v) is 34.2. The van der Waals surface area contributed by atoms with Crippen molar-refractivity contribution in [2.75, 3.05) is 4.90 Å². The normalized spacial score (nSPS) is 19.3. The second kappa shape index (κ2) is 16.7. The van der Waals surface area contributed by atoms with E-state index in [1.54, 1.807) is 6.21 Å². The highest BCUT2D eigenvalue weighted by Crippen LogP contribution is 2.41. The number of dihydropyridines is 1. The van der Waals surface area contributed by atoms with Gasteiger partial charge in [0.15, 0.2) is 0 Å². The lowest BCUT2D eigenvalue weighted by Crippen LogP contribution is -2.33. The maximum absolute atomic E-state index is 6.49. The summed E-state index contributed by atoms with van der Waals surface area (Å²) in [7, 11) is 0. The van der Waals surface area contributed by atoms with E-state index in [0.717, 1.165) is 66.1 Å². The Morgan fingerprint density at radius 1 is 0.607 bits per heavy atom. The summed E-state index contributed by atoms with van der Waals surface area (Å²) in [6.07, 6.45) is 22.1. The van der Waals surface area contributed by atoms with E-state index in [9.17, 15) is 0 Å². The van der Waals surface area contributed by atoms with Crippen molar-refractivity contribution < 1.29 is 4.74 Å². The molecule has 61 heavy (non-hydrogen) atoms. The summed E-state index contributed by atoms with van der Waals surface area (Å²) >= 11 is 0. The molecule has 10 rings (SSSR count). The van der Waals surface area contributed by atoms with Crippen molar-refractivity contribution in [3.63, 3.8) is 0 Å². The number of fused-ring (bicyclic) bond motifs is 2. The van der Waals surface area contributed by atoms with Gasteiger partial charge in [-0.1, -0.05) is 122 Å².